The molecule has 2 aromatic heterocycles. The fourth-order valence-corrected chi connectivity index (χ4v) is 1.12. The zero-order chi connectivity index (χ0) is 9.97. The molecule has 3 N–H and O–H groups in total. The van der Waals surface area contributed by atoms with Crippen molar-refractivity contribution in [3.05, 3.63) is 24.1 Å². The molecule has 2 aromatic rings. The summed E-state index contributed by atoms with van der Waals surface area (Å²) in [6.07, 6.45) is 3.23. The summed E-state index contributed by atoms with van der Waals surface area (Å²) < 4.78 is 6.51. The molecule has 0 bridgehead atoms. The van der Waals surface area contributed by atoms with Gasteiger partial charge in [-0.15, -0.1) is 0 Å². The first-order valence-corrected chi connectivity index (χ1v) is 4.19. The fourth-order valence-electron chi connectivity index (χ4n) is 1.12. The van der Waals surface area contributed by atoms with Gasteiger partial charge in [-0.3, -0.25) is 4.68 Å². The molecule has 0 aliphatic carbocycles. The van der Waals surface area contributed by atoms with E-state index < -0.39 is 0 Å². The Kier molecular flexibility index (Phi) is 2.19. The molecule has 0 aromatic carbocycles. The van der Waals surface area contributed by atoms with Gasteiger partial charge in [0.05, 0.1) is 6.20 Å². The molecule has 0 aliphatic rings. The van der Waals surface area contributed by atoms with Gasteiger partial charge >= 0.3 is 0 Å². The lowest BCUT2D eigenvalue weighted by Gasteiger charge is -2.03. The van der Waals surface area contributed by atoms with Crippen LogP contribution in [-0.2, 0) is 13.6 Å². The van der Waals surface area contributed by atoms with E-state index in [0.717, 1.165) is 11.4 Å². The first kappa shape index (κ1) is 8.76. The highest BCUT2D eigenvalue weighted by atomic mass is 16.5. The van der Waals surface area contributed by atoms with E-state index in [1.807, 2.05) is 13.1 Å². The topological polar surface area (TPSA) is 81.9 Å². The molecule has 2 heterocycles. The maximum Gasteiger partial charge on any atom is 0.179 e. The normalized spacial score (nSPS) is 10.4. The van der Waals surface area contributed by atoms with E-state index in [2.05, 4.69) is 15.6 Å². The van der Waals surface area contributed by atoms with E-state index in [9.17, 15) is 0 Å². The summed E-state index contributed by atoms with van der Waals surface area (Å²) in [5.74, 6) is 1.48. The predicted molar refractivity (Wildman–Crippen MR) is 50.9 cm³/mol. The van der Waals surface area contributed by atoms with Crippen LogP contribution in [0.15, 0.2) is 23.0 Å². The maximum atomic E-state index is 5.50. The minimum Gasteiger partial charge on any atom is -0.362 e. The third-order valence-electron chi connectivity index (χ3n) is 1.93. The summed E-state index contributed by atoms with van der Waals surface area (Å²) in [5.41, 5.74) is 6.34. The molecule has 0 amide bonds. The summed E-state index contributed by atoms with van der Waals surface area (Å²) in [4.78, 5) is 0. The highest BCUT2D eigenvalue weighted by Gasteiger charge is 2.07. The second-order valence-electron chi connectivity index (χ2n) is 2.86. The van der Waals surface area contributed by atoms with Crippen molar-refractivity contribution in [2.45, 2.75) is 6.54 Å². The van der Waals surface area contributed by atoms with Gasteiger partial charge in [-0.2, -0.15) is 5.10 Å². The Morgan fingerprint density at radius 3 is 3.14 bits per heavy atom. The number of nitrogens with one attached hydrogen (secondary N) is 1. The van der Waals surface area contributed by atoms with Crippen molar-refractivity contribution >= 4 is 11.6 Å². The van der Waals surface area contributed by atoms with Crippen LogP contribution in [-0.4, -0.2) is 14.9 Å². The van der Waals surface area contributed by atoms with Crippen molar-refractivity contribution < 1.29 is 4.52 Å². The largest absolute Gasteiger partial charge is 0.362 e. The fraction of sp³-hybridized carbons (Fsp3) is 0.250. The lowest BCUT2D eigenvalue weighted by Crippen LogP contribution is -2.03. The number of hydrogen-bond acceptors (Lipinski definition) is 5. The van der Waals surface area contributed by atoms with Crippen molar-refractivity contribution in [1.82, 2.24) is 14.9 Å². The molecule has 0 spiro atoms. The Bertz CT molecular complexity index is 419. The Labute approximate surface area is 80.7 Å². The Morgan fingerprint density at radius 1 is 1.64 bits per heavy atom. The van der Waals surface area contributed by atoms with Gasteiger partial charge in [-0.1, -0.05) is 5.16 Å². The van der Waals surface area contributed by atoms with Gasteiger partial charge in [0.25, 0.3) is 0 Å². The SMILES string of the molecule is Cn1nccc1Nc1nocc1CN. The number of hydrogen-bond donors (Lipinski definition) is 2. The van der Waals surface area contributed by atoms with E-state index in [-0.39, 0.29) is 0 Å². The third-order valence-corrected chi connectivity index (χ3v) is 1.93. The van der Waals surface area contributed by atoms with Gasteiger partial charge in [-0.05, 0) is 0 Å². The van der Waals surface area contributed by atoms with E-state index in [0.29, 0.717) is 12.4 Å². The minimum atomic E-state index is 0.393. The molecule has 74 valence electrons. The van der Waals surface area contributed by atoms with Gasteiger partial charge in [0, 0.05) is 25.2 Å². The molecule has 0 aliphatic heterocycles. The average molecular weight is 193 g/mol. The van der Waals surface area contributed by atoms with E-state index in [1.54, 1.807) is 10.9 Å². The summed E-state index contributed by atoms with van der Waals surface area (Å²) in [6, 6.07) is 1.84. The van der Waals surface area contributed by atoms with Gasteiger partial charge in [0.15, 0.2) is 5.82 Å². The first-order chi connectivity index (χ1) is 6.81. The number of nitrogens with two attached hydrogens (primary N) is 1. The number of aromatic nitrogens is 3. The molecule has 2 rings (SSSR count). The lowest BCUT2D eigenvalue weighted by atomic mass is 10.3. The molecule has 0 atom stereocenters. The molecule has 0 fully saturated rings. The van der Waals surface area contributed by atoms with Crippen molar-refractivity contribution in [3.63, 3.8) is 0 Å². The van der Waals surface area contributed by atoms with Crippen molar-refractivity contribution in [2.24, 2.45) is 12.8 Å². The Balaban J connectivity index is 2.22. The van der Waals surface area contributed by atoms with Gasteiger partial charge < -0.3 is 15.6 Å². The predicted octanol–water partition coefficient (Wildman–Crippen LogP) is 0.610. The monoisotopic (exact) mass is 193 g/mol. The molecule has 14 heavy (non-hydrogen) atoms. The third kappa shape index (κ3) is 1.47. The van der Waals surface area contributed by atoms with Gasteiger partial charge in [-0.25, -0.2) is 0 Å². The van der Waals surface area contributed by atoms with Crippen LogP contribution in [0.4, 0.5) is 11.6 Å². The molecule has 0 saturated heterocycles. The maximum absolute atomic E-state index is 5.50. The standard InChI is InChI=1S/C8H11N5O/c1-13-7(2-3-10-13)11-8-6(4-9)5-14-12-8/h2-3,5H,4,9H2,1H3,(H,11,12). The van der Waals surface area contributed by atoms with E-state index in [1.165, 1.54) is 6.26 Å². The summed E-state index contributed by atoms with van der Waals surface area (Å²) in [6.45, 7) is 0.393. The first-order valence-electron chi connectivity index (χ1n) is 4.19. The zero-order valence-corrected chi connectivity index (χ0v) is 7.77. The highest BCUT2D eigenvalue weighted by molar-refractivity contribution is 5.54. The van der Waals surface area contributed by atoms with Crippen LogP contribution < -0.4 is 11.1 Å². The molecule has 0 unspecified atom stereocenters. The van der Waals surface area contributed by atoms with Crippen LogP contribution in [0.25, 0.3) is 0 Å². The molecule has 0 saturated carbocycles. The minimum absolute atomic E-state index is 0.393. The number of nitrogens with zero attached hydrogens (tertiary/aromatic N) is 3. The van der Waals surface area contributed by atoms with Crippen LogP contribution >= 0.6 is 0 Å². The highest BCUT2D eigenvalue weighted by Crippen LogP contribution is 2.17. The summed E-state index contributed by atoms with van der Waals surface area (Å²) in [7, 11) is 1.84. The molecular weight excluding hydrogens is 182 g/mol. The van der Waals surface area contributed by atoms with Crippen LogP contribution in [0.1, 0.15) is 5.56 Å². The number of anilines is 2. The molecular formula is C8H11N5O. The molecule has 6 heteroatoms. The number of rotatable bonds is 3. The summed E-state index contributed by atoms with van der Waals surface area (Å²) >= 11 is 0. The molecule has 6 nitrogen and oxygen atoms in total. The quantitative estimate of drug-likeness (QED) is 0.746. The zero-order valence-electron chi connectivity index (χ0n) is 7.77. The van der Waals surface area contributed by atoms with Gasteiger partial charge in [0.1, 0.15) is 12.1 Å². The molecule has 0 radical (unpaired) electrons. The Morgan fingerprint density at radius 2 is 2.50 bits per heavy atom. The van der Waals surface area contributed by atoms with E-state index >= 15 is 0 Å². The Hall–Kier alpha value is -1.82. The van der Waals surface area contributed by atoms with Crippen LogP contribution in [0.3, 0.4) is 0 Å². The number of aryl methyl sites for hydroxylation is 1. The second-order valence-corrected chi connectivity index (χ2v) is 2.86. The van der Waals surface area contributed by atoms with Crippen molar-refractivity contribution in [3.8, 4) is 0 Å². The van der Waals surface area contributed by atoms with Crippen LogP contribution in [0, 0.1) is 0 Å². The average Bonchev–Trinajstić information content (AvgIpc) is 2.77. The smallest absolute Gasteiger partial charge is 0.179 e. The van der Waals surface area contributed by atoms with Crippen LogP contribution in [0.2, 0.25) is 0 Å². The van der Waals surface area contributed by atoms with Crippen molar-refractivity contribution in [1.29, 1.82) is 0 Å². The second kappa shape index (κ2) is 3.51. The van der Waals surface area contributed by atoms with Crippen molar-refractivity contribution in [2.75, 3.05) is 5.32 Å². The van der Waals surface area contributed by atoms with Gasteiger partial charge in [0.2, 0.25) is 0 Å². The van der Waals surface area contributed by atoms with Crippen LogP contribution in [0.5, 0.6) is 0 Å². The lowest BCUT2D eigenvalue weighted by molar-refractivity contribution is 0.421. The van der Waals surface area contributed by atoms with E-state index in [4.69, 9.17) is 10.3 Å². The summed E-state index contributed by atoms with van der Waals surface area (Å²) in [5, 5.41) is 10.9.